The normalized spacial score (nSPS) is 10.3. The number of hydrogen-bond acceptors (Lipinski definition) is 5. The highest BCUT2D eigenvalue weighted by Gasteiger charge is 2.05. The topological polar surface area (TPSA) is 71.4 Å². The first-order valence-electron chi connectivity index (χ1n) is 6.55. The van der Waals surface area contributed by atoms with Crippen molar-refractivity contribution in [1.82, 2.24) is 4.98 Å². The van der Waals surface area contributed by atoms with E-state index in [1.54, 1.807) is 6.20 Å². The van der Waals surface area contributed by atoms with Crippen molar-refractivity contribution in [3.8, 4) is 0 Å². The zero-order chi connectivity index (χ0) is 14.5. The lowest BCUT2D eigenvalue weighted by Crippen LogP contribution is -2.31. The number of rotatable bonds is 5. The molecule has 0 unspecified atom stereocenters. The summed E-state index contributed by atoms with van der Waals surface area (Å²) >= 11 is 0. The lowest BCUT2D eigenvalue weighted by Gasteiger charge is -2.24. The first-order chi connectivity index (χ1) is 9.56. The molecule has 1 aromatic heterocycles. The summed E-state index contributed by atoms with van der Waals surface area (Å²) in [4.78, 5) is 8.60. The van der Waals surface area contributed by atoms with Crippen LogP contribution in [0, 0.1) is 0 Å². The van der Waals surface area contributed by atoms with Crippen LogP contribution in [0.4, 0.5) is 22.9 Å². The van der Waals surface area contributed by atoms with Crippen LogP contribution in [0.15, 0.2) is 42.6 Å². The van der Waals surface area contributed by atoms with Crippen LogP contribution >= 0.6 is 0 Å². The van der Waals surface area contributed by atoms with Gasteiger partial charge in [0.15, 0.2) is 0 Å². The molecule has 0 spiro atoms. The Labute approximate surface area is 119 Å². The van der Waals surface area contributed by atoms with Crippen LogP contribution in [0.5, 0.6) is 0 Å². The number of aromatic nitrogens is 1. The third kappa shape index (κ3) is 3.54. The fourth-order valence-electron chi connectivity index (χ4n) is 1.90. The van der Waals surface area contributed by atoms with Crippen molar-refractivity contribution in [3.63, 3.8) is 0 Å². The molecule has 0 saturated carbocycles. The molecule has 106 valence electrons. The van der Waals surface area contributed by atoms with E-state index in [1.807, 2.05) is 43.4 Å². The number of hydrogen-bond donors (Lipinski definition) is 2. The fraction of sp³-hybridized carbons (Fsp3) is 0.267. The molecular weight excluding hydrogens is 250 g/mol. The Hall–Kier alpha value is -2.43. The Morgan fingerprint density at radius 3 is 2.05 bits per heavy atom. The second-order valence-corrected chi connectivity index (χ2v) is 4.88. The molecule has 0 amide bonds. The number of nitrogens with zero attached hydrogens (tertiary/aromatic N) is 3. The van der Waals surface area contributed by atoms with Crippen molar-refractivity contribution >= 4 is 22.9 Å². The smallest absolute Gasteiger partial charge is 0.128 e. The van der Waals surface area contributed by atoms with Crippen molar-refractivity contribution in [2.75, 3.05) is 48.5 Å². The lowest BCUT2D eigenvalue weighted by atomic mass is 10.2. The third-order valence-corrected chi connectivity index (χ3v) is 3.27. The van der Waals surface area contributed by atoms with Gasteiger partial charge in [0.2, 0.25) is 0 Å². The van der Waals surface area contributed by atoms with Gasteiger partial charge < -0.3 is 21.3 Å². The van der Waals surface area contributed by atoms with Gasteiger partial charge in [0.05, 0.1) is 11.9 Å². The van der Waals surface area contributed by atoms with E-state index in [0.29, 0.717) is 5.69 Å². The van der Waals surface area contributed by atoms with Gasteiger partial charge in [-0.1, -0.05) is 0 Å². The van der Waals surface area contributed by atoms with Gasteiger partial charge in [-0.05, 0) is 36.4 Å². The van der Waals surface area contributed by atoms with Gasteiger partial charge in [-0.25, -0.2) is 4.98 Å². The average Bonchev–Trinajstić information content (AvgIpc) is 2.46. The van der Waals surface area contributed by atoms with E-state index in [-0.39, 0.29) is 0 Å². The molecule has 2 rings (SSSR count). The second kappa shape index (κ2) is 6.14. The quantitative estimate of drug-likeness (QED) is 0.812. The molecule has 0 fully saturated rings. The minimum atomic E-state index is 0.682. The number of pyridine rings is 1. The third-order valence-electron chi connectivity index (χ3n) is 3.27. The molecule has 1 aromatic carbocycles. The fourth-order valence-corrected chi connectivity index (χ4v) is 1.90. The van der Waals surface area contributed by atoms with E-state index >= 15 is 0 Å². The van der Waals surface area contributed by atoms with Crippen LogP contribution in [0.2, 0.25) is 0 Å². The number of likely N-dealkylation sites (N-methyl/N-ethyl adjacent to an activating group) is 2. The Kier molecular flexibility index (Phi) is 4.30. The van der Waals surface area contributed by atoms with E-state index in [2.05, 4.69) is 21.8 Å². The van der Waals surface area contributed by atoms with Crippen molar-refractivity contribution in [1.29, 1.82) is 0 Å². The molecule has 1 heterocycles. The number of anilines is 4. The van der Waals surface area contributed by atoms with E-state index in [4.69, 9.17) is 11.5 Å². The molecule has 0 aliphatic rings. The predicted molar refractivity (Wildman–Crippen MR) is 86.0 cm³/mol. The zero-order valence-electron chi connectivity index (χ0n) is 12.0. The summed E-state index contributed by atoms with van der Waals surface area (Å²) in [5.41, 5.74) is 13.9. The Bertz CT molecular complexity index is 484. The van der Waals surface area contributed by atoms with Crippen LogP contribution < -0.4 is 21.3 Å². The molecule has 0 bridgehead atoms. The molecule has 2 aromatic rings. The second-order valence-electron chi connectivity index (χ2n) is 4.88. The summed E-state index contributed by atoms with van der Waals surface area (Å²) in [5, 5.41) is 0. The first kappa shape index (κ1) is 14.0. The summed E-state index contributed by atoms with van der Waals surface area (Å²) in [5.74, 6) is 0.921. The summed E-state index contributed by atoms with van der Waals surface area (Å²) in [7, 11) is 4.09. The SMILES string of the molecule is CN(CCN(C)c1ccc(N)cn1)c1ccc(N)cc1. The Morgan fingerprint density at radius 2 is 1.45 bits per heavy atom. The summed E-state index contributed by atoms with van der Waals surface area (Å²) in [6, 6.07) is 11.7. The highest BCUT2D eigenvalue weighted by Crippen LogP contribution is 2.15. The standard InChI is InChI=1S/C15H21N5/c1-19(14-6-3-12(16)4-7-14)9-10-20(2)15-8-5-13(17)11-18-15/h3-8,11H,9-10,16-17H2,1-2H3. The minimum Gasteiger partial charge on any atom is -0.399 e. The van der Waals surface area contributed by atoms with Gasteiger partial charge in [0, 0.05) is 38.6 Å². The van der Waals surface area contributed by atoms with Crippen LogP contribution in [0.3, 0.4) is 0 Å². The largest absolute Gasteiger partial charge is 0.399 e. The minimum absolute atomic E-state index is 0.682. The number of nitrogens with two attached hydrogens (primary N) is 2. The molecular formula is C15H21N5. The van der Waals surface area contributed by atoms with Gasteiger partial charge in [0.25, 0.3) is 0 Å². The molecule has 0 aliphatic heterocycles. The van der Waals surface area contributed by atoms with Gasteiger partial charge in [-0.15, -0.1) is 0 Å². The predicted octanol–water partition coefficient (Wildman–Crippen LogP) is 1.82. The van der Waals surface area contributed by atoms with Crippen molar-refractivity contribution in [2.24, 2.45) is 0 Å². The first-order valence-corrected chi connectivity index (χ1v) is 6.55. The molecule has 0 atom stereocenters. The molecule has 20 heavy (non-hydrogen) atoms. The zero-order valence-corrected chi connectivity index (χ0v) is 12.0. The molecule has 0 radical (unpaired) electrons. The maximum atomic E-state index is 5.69. The highest BCUT2D eigenvalue weighted by atomic mass is 15.2. The molecule has 5 nitrogen and oxygen atoms in total. The van der Waals surface area contributed by atoms with Crippen LogP contribution in [0.25, 0.3) is 0 Å². The monoisotopic (exact) mass is 271 g/mol. The van der Waals surface area contributed by atoms with Gasteiger partial charge in [0.1, 0.15) is 5.82 Å². The Balaban J connectivity index is 1.91. The summed E-state index contributed by atoms with van der Waals surface area (Å²) < 4.78 is 0. The van der Waals surface area contributed by atoms with Crippen LogP contribution in [0.1, 0.15) is 0 Å². The van der Waals surface area contributed by atoms with E-state index in [1.165, 1.54) is 0 Å². The summed E-state index contributed by atoms with van der Waals surface area (Å²) in [6.45, 7) is 1.77. The Morgan fingerprint density at radius 1 is 0.850 bits per heavy atom. The average molecular weight is 271 g/mol. The van der Waals surface area contributed by atoms with Crippen LogP contribution in [-0.4, -0.2) is 32.2 Å². The van der Waals surface area contributed by atoms with Crippen molar-refractivity contribution < 1.29 is 0 Å². The lowest BCUT2D eigenvalue weighted by molar-refractivity contribution is 0.823. The number of nitrogen functional groups attached to an aromatic ring is 2. The maximum absolute atomic E-state index is 5.69. The van der Waals surface area contributed by atoms with E-state index < -0.39 is 0 Å². The maximum Gasteiger partial charge on any atom is 0.128 e. The van der Waals surface area contributed by atoms with Crippen LogP contribution in [-0.2, 0) is 0 Å². The molecule has 0 saturated heterocycles. The molecule has 0 aliphatic carbocycles. The number of benzene rings is 1. The molecule has 4 N–H and O–H groups in total. The van der Waals surface area contributed by atoms with E-state index in [9.17, 15) is 0 Å². The van der Waals surface area contributed by atoms with Crippen molar-refractivity contribution in [2.45, 2.75) is 0 Å². The van der Waals surface area contributed by atoms with Gasteiger partial charge in [-0.2, -0.15) is 0 Å². The van der Waals surface area contributed by atoms with Gasteiger partial charge in [-0.3, -0.25) is 0 Å². The molecule has 5 heteroatoms. The van der Waals surface area contributed by atoms with E-state index in [0.717, 1.165) is 30.3 Å². The highest BCUT2D eigenvalue weighted by molar-refractivity contribution is 5.53. The van der Waals surface area contributed by atoms with Crippen molar-refractivity contribution in [3.05, 3.63) is 42.6 Å². The summed E-state index contributed by atoms with van der Waals surface area (Å²) in [6.07, 6.45) is 1.68. The van der Waals surface area contributed by atoms with Gasteiger partial charge >= 0.3 is 0 Å².